The number of rotatable bonds is 7. The number of hydrogen-bond acceptors (Lipinski definition) is 3. The Morgan fingerprint density at radius 3 is 1.70 bits per heavy atom. The van der Waals surface area contributed by atoms with Crippen molar-refractivity contribution in [3.8, 4) is 0 Å². The van der Waals surface area contributed by atoms with Crippen molar-refractivity contribution in [3.05, 3.63) is 102 Å². The number of sulfonamides is 1. The Balaban J connectivity index is 2.11. The highest BCUT2D eigenvalue weighted by atomic mass is 32.2. The van der Waals surface area contributed by atoms with Crippen LogP contribution in [-0.4, -0.2) is 19.3 Å². The van der Waals surface area contributed by atoms with Gasteiger partial charge < -0.3 is 5.73 Å². The Labute approximate surface area is 161 Å². The zero-order valence-electron chi connectivity index (χ0n) is 15.3. The fourth-order valence-electron chi connectivity index (χ4n) is 3.30. The van der Waals surface area contributed by atoms with Gasteiger partial charge in [-0.25, -0.2) is 8.42 Å². The molecule has 2 N–H and O–H groups in total. The molecule has 0 radical (unpaired) electrons. The van der Waals surface area contributed by atoms with Crippen molar-refractivity contribution < 1.29 is 8.42 Å². The van der Waals surface area contributed by atoms with Crippen molar-refractivity contribution in [3.63, 3.8) is 0 Å². The summed E-state index contributed by atoms with van der Waals surface area (Å²) in [5, 5.41) is 0. The normalized spacial score (nSPS) is 14.0. The van der Waals surface area contributed by atoms with Gasteiger partial charge >= 0.3 is 0 Å². The van der Waals surface area contributed by atoms with Gasteiger partial charge in [0.05, 0.1) is 17.0 Å². The van der Waals surface area contributed by atoms with Crippen LogP contribution in [0.4, 0.5) is 0 Å². The molecule has 0 saturated heterocycles. The third-order valence-corrected chi connectivity index (χ3v) is 6.61. The smallest absolute Gasteiger partial charge is 0.243 e. The zero-order valence-corrected chi connectivity index (χ0v) is 16.1. The van der Waals surface area contributed by atoms with Crippen LogP contribution in [-0.2, 0) is 10.0 Å². The van der Waals surface area contributed by atoms with Gasteiger partial charge in [0, 0.05) is 6.54 Å². The van der Waals surface area contributed by atoms with E-state index in [1.54, 1.807) is 30.3 Å². The SMILES string of the molecule is CCN(C(c1ccccc1)C(N)c1ccccc1)S(=O)(=O)c1ccccc1. The molecule has 3 aromatic carbocycles. The van der Waals surface area contributed by atoms with Gasteiger partial charge in [0.15, 0.2) is 0 Å². The lowest BCUT2D eigenvalue weighted by molar-refractivity contribution is 0.296. The molecule has 2 atom stereocenters. The summed E-state index contributed by atoms with van der Waals surface area (Å²) in [4.78, 5) is 0.271. The number of hydrogen-bond donors (Lipinski definition) is 1. The quantitative estimate of drug-likeness (QED) is 0.670. The van der Waals surface area contributed by atoms with Gasteiger partial charge in [-0.05, 0) is 23.3 Å². The molecule has 4 nitrogen and oxygen atoms in total. The molecule has 0 aromatic heterocycles. The van der Waals surface area contributed by atoms with E-state index in [0.717, 1.165) is 11.1 Å². The average Bonchev–Trinajstić information content (AvgIpc) is 2.73. The summed E-state index contributed by atoms with van der Waals surface area (Å²) in [7, 11) is -3.70. The molecule has 0 saturated carbocycles. The van der Waals surface area contributed by atoms with E-state index in [0.29, 0.717) is 6.54 Å². The fourth-order valence-corrected chi connectivity index (χ4v) is 4.97. The molecule has 0 bridgehead atoms. The molecule has 140 valence electrons. The third-order valence-electron chi connectivity index (χ3n) is 4.64. The first-order valence-electron chi connectivity index (χ1n) is 8.98. The number of nitrogens with zero attached hydrogens (tertiary/aromatic N) is 1. The van der Waals surface area contributed by atoms with Crippen LogP contribution in [0.5, 0.6) is 0 Å². The van der Waals surface area contributed by atoms with Crippen molar-refractivity contribution >= 4 is 10.0 Å². The summed E-state index contributed by atoms with van der Waals surface area (Å²) in [6, 6.07) is 26.7. The Kier molecular flexibility index (Phi) is 6.06. The first-order chi connectivity index (χ1) is 13.1. The van der Waals surface area contributed by atoms with Crippen molar-refractivity contribution in [1.29, 1.82) is 0 Å². The monoisotopic (exact) mass is 380 g/mol. The second kappa shape index (κ2) is 8.48. The Hall–Kier alpha value is -2.47. The largest absolute Gasteiger partial charge is 0.322 e. The molecular weight excluding hydrogens is 356 g/mol. The third kappa shape index (κ3) is 4.11. The maximum absolute atomic E-state index is 13.4. The van der Waals surface area contributed by atoms with Crippen LogP contribution in [0, 0.1) is 0 Å². The second-order valence-electron chi connectivity index (χ2n) is 6.31. The lowest BCUT2D eigenvalue weighted by atomic mass is 9.94. The van der Waals surface area contributed by atoms with Gasteiger partial charge in [-0.2, -0.15) is 4.31 Å². The molecule has 27 heavy (non-hydrogen) atoms. The topological polar surface area (TPSA) is 63.4 Å². The zero-order chi connectivity index (χ0) is 19.3. The van der Waals surface area contributed by atoms with Crippen LogP contribution in [0.1, 0.15) is 30.1 Å². The Bertz CT molecular complexity index is 945. The fraction of sp³-hybridized carbons (Fsp3) is 0.182. The summed E-state index contributed by atoms with van der Waals surface area (Å²) in [6.07, 6.45) is 0. The van der Waals surface area contributed by atoms with Gasteiger partial charge in [0.25, 0.3) is 0 Å². The molecule has 0 fully saturated rings. The summed E-state index contributed by atoms with van der Waals surface area (Å²) >= 11 is 0. The minimum absolute atomic E-state index is 0.271. The number of benzene rings is 3. The first-order valence-corrected chi connectivity index (χ1v) is 10.4. The van der Waals surface area contributed by atoms with Crippen molar-refractivity contribution in [2.24, 2.45) is 5.73 Å². The van der Waals surface area contributed by atoms with Crippen molar-refractivity contribution in [2.75, 3.05) is 6.54 Å². The molecule has 3 aromatic rings. The van der Waals surface area contributed by atoms with Gasteiger partial charge in [-0.3, -0.25) is 0 Å². The van der Waals surface area contributed by atoms with E-state index in [1.807, 2.05) is 67.6 Å². The van der Waals surface area contributed by atoms with Crippen LogP contribution in [0.2, 0.25) is 0 Å². The van der Waals surface area contributed by atoms with E-state index in [4.69, 9.17) is 5.73 Å². The van der Waals surface area contributed by atoms with Gasteiger partial charge in [-0.1, -0.05) is 85.8 Å². The predicted molar refractivity (Wildman–Crippen MR) is 109 cm³/mol. The lowest BCUT2D eigenvalue weighted by Gasteiger charge is -2.34. The number of nitrogens with two attached hydrogens (primary N) is 1. The summed E-state index contributed by atoms with van der Waals surface area (Å²) in [5.74, 6) is 0. The maximum Gasteiger partial charge on any atom is 0.243 e. The molecule has 0 heterocycles. The lowest BCUT2D eigenvalue weighted by Crippen LogP contribution is -2.40. The standard InChI is InChI=1S/C22H24N2O2S/c1-2-24(27(25,26)20-16-10-5-11-17-20)22(19-14-8-4-9-15-19)21(23)18-12-6-3-7-13-18/h3-17,21-22H,2,23H2,1H3. The van der Waals surface area contributed by atoms with Crippen molar-refractivity contribution in [1.82, 2.24) is 4.31 Å². The molecule has 0 aliphatic carbocycles. The van der Waals surface area contributed by atoms with Crippen LogP contribution >= 0.6 is 0 Å². The van der Waals surface area contributed by atoms with Gasteiger partial charge in [0.2, 0.25) is 10.0 Å². The maximum atomic E-state index is 13.4. The van der Waals surface area contributed by atoms with Crippen LogP contribution < -0.4 is 5.73 Å². The summed E-state index contributed by atoms with van der Waals surface area (Å²) in [5.41, 5.74) is 8.38. The minimum Gasteiger partial charge on any atom is -0.322 e. The number of likely N-dealkylation sites (N-methyl/N-ethyl adjacent to an activating group) is 1. The summed E-state index contributed by atoms with van der Waals surface area (Å²) in [6.45, 7) is 2.16. The second-order valence-corrected chi connectivity index (χ2v) is 8.20. The molecule has 0 aliphatic heterocycles. The van der Waals surface area contributed by atoms with Crippen LogP contribution in [0.25, 0.3) is 0 Å². The minimum atomic E-state index is -3.70. The highest BCUT2D eigenvalue weighted by molar-refractivity contribution is 7.89. The van der Waals surface area contributed by atoms with E-state index in [9.17, 15) is 8.42 Å². The average molecular weight is 381 g/mol. The highest BCUT2D eigenvalue weighted by Gasteiger charge is 2.35. The highest BCUT2D eigenvalue weighted by Crippen LogP contribution is 2.36. The molecule has 5 heteroatoms. The Morgan fingerprint density at radius 2 is 1.22 bits per heavy atom. The predicted octanol–water partition coefficient (Wildman–Crippen LogP) is 4.14. The molecule has 0 amide bonds. The molecule has 0 spiro atoms. The molecular formula is C22H24N2O2S. The van der Waals surface area contributed by atoms with E-state index >= 15 is 0 Å². The van der Waals surface area contributed by atoms with Crippen LogP contribution in [0.3, 0.4) is 0 Å². The van der Waals surface area contributed by atoms with E-state index < -0.39 is 22.1 Å². The molecule has 3 rings (SSSR count). The van der Waals surface area contributed by atoms with E-state index in [-0.39, 0.29) is 4.90 Å². The summed E-state index contributed by atoms with van der Waals surface area (Å²) < 4.78 is 28.3. The van der Waals surface area contributed by atoms with Gasteiger partial charge in [0.1, 0.15) is 0 Å². The Morgan fingerprint density at radius 1 is 0.778 bits per heavy atom. The van der Waals surface area contributed by atoms with Crippen molar-refractivity contribution in [2.45, 2.75) is 23.9 Å². The van der Waals surface area contributed by atoms with Gasteiger partial charge in [-0.15, -0.1) is 0 Å². The van der Waals surface area contributed by atoms with Crippen LogP contribution in [0.15, 0.2) is 95.9 Å². The van der Waals surface area contributed by atoms with E-state index in [1.165, 1.54) is 4.31 Å². The van der Waals surface area contributed by atoms with E-state index in [2.05, 4.69) is 0 Å². The first kappa shape index (κ1) is 19.3. The molecule has 0 aliphatic rings. The molecule has 2 unspecified atom stereocenters.